The number of carbonyl (C=O) groups excluding carboxylic acids is 1. The van der Waals surface area contributed by atoms with Crippen LogP contribution in [0.3, 0.4) is 0 Å². The zero-order valence-electron chi connectivity index (χ0n) is 10.9. The van der Waals surface area contributed by atoms with Gasteiger partial charge < -0.3 is 5.32 Å². The van der Waals surface area contributed by atoms with Crippen molar-refractivity contribution in [1.29, 1.82) is 0 Å². The van der Waals surface area contributed by atoms with E-state index in [9.17, 15) is 9.18 Å². The molecule has 0 bridgehead atoms. The average molecular weight is 334 g/mol. The van der Waals surface area contributed by atoms with Crippen molar-refractivity contribution in [3.63, 3.8) is 0 Å². The van der Waals surface area contributed by atoms with Gasteiger partial charge in [0.1, 0.15) is 10.2 Å². The zero-order valence-corrected chi connectivity index (χ0v) is 13.2. The lowest BCUT2D eigenvalue weighted by Gasteiger charge is -2.27. The number of halogens is 3. The largest absolute Gasteiger partial charge is 0.349 e. The molecule has 1 aromatic carbocycles. The summed E-state index contributed by atoms with van der Waals surface area (Å²) in [7, 11) is 0. The highest BCUT2D eigenvalue weighted by atomic mass is 35.5. The minimum absolute atomic E-state index is 0.158. The van der Waals surface area contributed by atoms with Gasteiger partial charge >= 0.3 is 0 Å². The number of alkyl halides is 2. The van der Waals surface area contributed by atoms with Gasteiger partial charge in [-0.05, 0) is 43.5 Å². The monoisotopic (exact) mass is 333 g/mol. The molecular formula is C14H14Cl2FNOS. The van der Waals surface area contributed by atoms with Gasteiger partial charge in [-0.15, -0.1) is 35.0 Å². The van der Waals surface area contributed by atoms with Crippen LogP contribution in [-0.2, 0) is 4.79 Å². The van der Waals surface area contributed by atoms with Gasteiger partial charge in [0.05, 0.1) is 11.5 Å². The molecule has 0 spiro atoms. The summed E-state index contributed by atoms with van der Waals surface area (Å²) in [5.41, 5.74) is 0.0994. The number of rotatable bonds is 2. The van der Waals surface area contributed by atoms with Crippen molar-refractivity contribution in [2.24, 2.45) is 5.41 Å². The van der Waals surface area contributed by atoms with Crippen molar-refractivity contribution in [3.05, 3.63) is 29.6 Å². The molecule has 3 rings (SSSR count). The number of thioether (sulfide) groups is 1. The summed E-state index contributed by atoms with van der Waals surface area (Å²) in [6, 6.07) is 4.53. The number of fused-ring (bicyclic) bond motifs is 1. The zero-order chi connectivity index (χ0) is 14.5. The second-order valence-electron chi connectivity index (χ2n) is 5.56. The molecule has 20 heavy (non-hydrogen) atoms. The molecule has 6 heteroatoms. The Hall–Kier alpha value is -0.450. The van der Waals surface area contributed by atoms with Crippen molar-refractivity contribution < 1.29 is 9.18 Å². The third kappa shape index (κ3) is 2.32. The number of amides is 1. The third-order valence-electron chi connectivity index (χ3n) is 4.08. The predicted octanol–water partition coefficient (Wildman–Crippen LogP) is 4.06. The van der Waals surface area contributed by atoms with E-state index in [0.717, 1.165) is 22.6 Å². The molecule has 1 aromatic rings. The molecule has 2 unspecified atom stereocenters. The van der Waals surface area contributed by atoms with Crippen molar-refractivity contribution in [3.8, 4) is 0 Å². The Kier molecular flexibility index (Phi) is 3.47. The molecule has 0 aromatic heterocycles. The Bertz CT molecular complexity index is 580. The lowest BCUT2D eigenvalue weighted by Crippen LogP contribution is -2.37. The highest BCUT2D eigenvalue weighted by Gasteiger charge is 2.68. The number of benzene rings is 1. The lowest BCUT2D eigenvalue weighted by atomic mass is 10.0. The first kappa shape index (κ1) is 14.5. The van der Waals surface area contributed by atoms with Gasteiger partial charge in [-0.2, -0.15) is 0 Å². The summed E-state index contributed by atoms with van der Waals surface area (Å²) in [5, 5.41) is 2.97. The first-order chi connectivity index (χ1) is 9.33. The van der Waals surface area contributed by atoms with Crippen LogP contribution in [0.2, 0.25) is 0 Å². The maximum atomic E-state index is 13.4. The van der Waals surface area contributed by atoms with Gasteiger partial charge in [0.15, 0.2) is 0 Å². The van der Waals surface area contributed by atoms with E-state index in [1.807, 2.05) is 0 Å². The van der Waals surface area contributed by atoms with Gasteiger partial charge in [0.2, 0.25) is 5.91 Å². The van der Waals surface area contributed by atoms with Gasteiger partial charge in [-0.3, -0.25) is 4.79 Å². The highest BCUT2D eigenvalue weighted by Crippen LogP contribution is 2.64. The van der Waals surface area contributed by atoms with E-state index >= 15 is 0 Å². The molecule has 2 aliphatic rings. The fourth-order valence-corrected chi connectivity index (χ4v) is 4.29. The van der Waals surface area contributed by atoms with E-state index in [-0.39, 0.29) is 17.8 Å². The van der Waals surface area contributed by atoms with E-state index < -0.39 is 9.75 Å². The average Bonchev–Trinajstić information content (AvgIpc) is 2.91. The van der Waals surface area contributed by atoms with Crippen LogP contribution >= 0.6 is 35.0 Å². The van der Waals surface area contributed by atoms with Gasteiger partial charge in [-0.25, -0.2) is 4.39 Å². The van der Waals surface area contributed by atoms with Crippen LogP contribution in [0.4, 0.5) is 4.39 Å². The second kappa shape index (κ2) is 4.79. The summed E-state index contributed by atoms with van der Waals surface area (Å²) in [5.74, 6) is 0.453. The SMILES string of the molecule is CC1(C(=O)NC2CCSc3ccc(F)cc32)CC1(Cl)Cl. The molecule has 2 atom stereocenters. The van der Waals surface area contributed by atoms with Crippen LogP contribution in [0, 0.1) is 11.2 Å². The maximum Gasteiger partial charge on any atom is 0.229 e. The summed E-state index contributed by atoms with van der Waals surface area (Å²) in [6.07, 6.45) is 1.23. The molecular weight excluding hydrogens is 320 g/mol. The van der Waals surface area contributed by atoms with Crippen LogP contribution < -0.4 is 5.32 Å². The molecule has 108 valence electrons. The summed E-state index contributed by atoms with van der Waals surface area (Å²) in [4.78, 5) is 13.3. The second-order valence-corrected chi connectivity index (χ2v) is 8.18. The van der Waals surface area contributed by atoms with Gasteiger partial charge in [-0.1, -0.05) is 0 Å². The molecule has 1 saturated carbocycles. The molecule has 2 nitrogen and oxygen atoms in total. The van der Waals surface area contributed by atoms with Crippen molar-refractivity contribution in [2.75, 3.05) is 5.75 Å². The Labute approximate surface area is 131 Å². The molecule has 1 fully saturated rings. The van der Waals surface area contributed by atoms with Crippen LogP contribution in [-0.4, -0.2) is 16.0 Å². The topological polar surface area (TPSA) is 29.1 Å². The number of hydrogen-bond acceptors (Lipinski definition) is 2. The molecule has 1 heterocycles. The summed E-state index contributed by atoms with van der Waals surface area (Å²) >= 11 is 13.7. The Morgan fingerprint density at radius 2 is 2.20 bits per heavy atom. The van der Waals surface area contributed by atoms with E-state index in [0.29, 0.717) is 6.42 Å². The van der Waals surface area contributed by atoms with Crippen LogP contribution in [0.5, 0.6) is 0 Å². The van der Waals surface area contributed by atoms with E-state index in [1.54, 1.807) is 24.8 Å². The number of hydrogen-bond donors (Lipinski definition) is 1. The quantitative estimate of drug-likeness (QED) is 0.827. The molecule has 0 saturated heterocycles. The third-order valence-corrected chi connectivity index (χ3v) is 6.30. The molecule has 1 aliphatic heterocycles. The van der Waals surface area contributed by atoms with Gasteiger partial charge in [0.25, 0.3) is 0 Å². The van der Waals surface area contributed by atoms with Crippen LogP contribution in [0.1, 0.15) is 31.4 Å². The Morgan fingerprint density at radius 3 is 2.85 bits per heavy atom. The van der Waals surface area contributed by atoms with E-state index in [1.165, 1.54) is 12.1 Å². The van der Waals surface area contributed by atoms with Gasteiger partial charge in [0, 0.05) is 10.6 Å². The number of carbonyl (C=O) groups is 1. The summed E-state index contributed by atoms with van der Waals surface area (Å²) in [6.45, 7) is 1.76. The number of nitrogens with one attached hydrogen (secondary N) is 1. The molecule has 1 N–H and O–H groups in total. The first-order valence-electron chi connectivity index (χ1n) is 6.44. The lowest BCUT2D eigenvalue weighted by molar-refractivity contribution is -0.126. The van der Waals surface area contributed by atoms with E-state index in [2.05, 4.69) is 5.32 Å². The molecule has 1 aliphatic carbocycles. The minimum atomic E-state index is -0.981. The normalized spacial score (nSPS) is 30.5. The Balaban J connectivity index is 1.80. The first-order valence-corrected chi connectivity index (χ1v) is 8.19. The van der Waals surface area contributed by atoms with Crippen molar-refractivity contribution >= 4 is 40.9 Å². The van der Waals surface area contributed by atoms with Crippen LogP contribution in [0.15, 0.2) is 23.1 Å². The fraction of sp³-hybridized carbons (Fsp3) is 0.500. The fourth-order valence-electron chi connectivity index (χ4n) is 2.48. The van der Waals surface area contributed by atoms with Crippen LogP contribution in [0.25, 0.3) is 0 Å². The Morgan fingerprint density at radius 1 is 1.50 bits per heavy atom. The van der Waals surface area contributed by atoms with Crippen molar-refractivity contribution in [1.82, 2.24) is 5.32 Å². The van der Waals surface area contributed by atoms with E-state index in [4.69, 9.17) is 23.2 Å². The smallest absolute Gasteiger partial charge is 0.229 e. The summed E-state index contributed by atoms with van der Waals surface area (Å²) < 4.78 is 12.4. The highest BCUT2D eigenvalue weighted by molar-refractivity contribution is 7.99. The molecule has 1 amide bonds. The predicted molar refractivity (Wildman–Crippen MR) is 79.8 cm³/mol. The molecule has 0 radical (unpaired) electrons. The maximum absolute atomic E-state index is 13.4. The minimum Gasteiger partial charge on any atom is -0.349 e. The van der Waals surface area contributed by atoms with Crippen molar-refractivity contribution in [2.45, 2.75) is 35.0 Å². The standard InChI is InChI=1S/C14H14Cl2FNOS/c1-13(7-14(13,15)16)12(19)18-10-4-5-20-11-3-2-8(17)6-9(10)11/h2-3,6,10H,4-5,7H2,1H3,(H,18,19).